The molecule has 0 radical (unpaired) electrons. The van der Waals surface area contributed by atoms with E-state index in [9.17, 15) is 14.7 Å². The molecule has 0 aromatic heterocycles. The Morgan fingerprint density at radius 3 is 1.65 bits per heavy atom. The van der Waals surface area contributed by atoms with Gasteiger partial charge < -0.3 is 15.7 Å². The maximum atomic E-state index is 13.5. The fourth-order valence-corrected chi connectivity index (χ4v) is 3.85. The van der Waals surface area contributed by atoms with E-state index in [0.717, 1.165) is 11.4 Å². The van der Waals surface area contributed by atoms with Gasteiger partial charge in [-0.2, -0.15) is 0 Å². The molecule has 1 aliphatic rings. The molecule has 1 aliphatic carbocycles. The number of rotatable bonds is 4. The van der Waals surface area contributed by atoms with Gasteiger partial charge in [-0.25, -0.2) is 0 Å². The van der Waals surface area contributed by atoms with Gasteiger partial charge in [-0.3, -0.25) is 9.59 Å². The second kappa shape index (κ2) is 7.46. The minimum atomic E-state index is -0.370. The summed E-state index contributed by atoms with van der Waals surface area (Å²) < 4.78 is 0. The molecule has 31 heavy (non-hydrogen) atoms. The molecule has 0 spiro atoms. The van der Waals surface area contributed by atoms with Crippen LogP contribution in [0.25, 0.3) is 0 Å². The summed E-state index contributed by atoms with van der Waals surface area (Å²) >= 11 is 0. The molecular formula is C26H18N2O3. The Morgan fingerprint density at radius 1 is 0.581 bits per heavy atom. The van der Waals surface area contributed by atoms with Crippen LogP contribution >= 0.6 is 0 Å². The second-order valence-corrected chi connectivity index (χ2v) is 7.25. The molecular weight excluding hydrogens is 388 g/mol. The third-order valence-electron chi connectivity index (χ3n) is 5.27. The molecule has 0 heterocycles. The molecule has 4 aromatic carbocycles. The smallest absolute Gasteiger partial charge is 0.198 e. The summed E-state index contributed by atoms with van der Waals surface area (Å²) in [4.78, 5) is 26.7. The van der Waals surface area contributed by atoms with Crippen molar-refractivity contribution in [2.45, 2.75) is 0 Å². The molecule has 5 heteroatoms. The van der Waals surface area contributed by atoms with Crippen LogP contribution in [0.3, 0.4) is 0 Å². The van der Waals surface area contributed by atoms with Crippen molar-refractivity contribution in [1.82, 2.24) is 0 Å². The molecule has 150 valence electrons. The van der Waals surface area contributed by atoms with Crippen molar-refractivity contribution >= 4 is 34.3 Å². The van der Waals surface area contributed by atoms with Gasteiger partial charge in [0.2, 0.25) is 0 Å². The van der Waals surface area contributed by atoms with E-state index in [1.165, 1.54) is 6.07 Å². The molecule has 5 nitrogen and oxygen atoms in total. The first-order valence-corrected chi connectivity index (χ1v) is 9.86. The van der Waals surface area contributed by atoms with E-state index in [-0.39, 0.29) is 28.4 Å². The summed E-state index contributed by atoms with van der Waals surface area (Å²) in [5.41, 5.74) is 3.27. The van der Waals surface area contributed by atoms with E-state index >= 15 is 0 Å². The van der Waals surface area contributed by atoms with Gasteiger partial charge >= 0.3 is 0 Å². The Balaban J connectivity index is 1.74. The zero-order valence-corrected chi connectivity index (χ0v) is 16.4. The lowest BCUT2D eigenvalue weighted by molar-refractivity contribution is 0.0977. The van der Waals surface area contributed by atoms with Crippen molar-refractivity contribution < 1.29 is 14.7 Å². The van der Waals surface area contributed by atoms with Crippen LogP contribution < -0.4 is 10.6 Å². The molecule has 0 amide bonds. The quantitative estimate of drug-likeness (QED) is 0.336. The minimum absolute atomic E-state index is 0.0146. The van der Waals surface area contributed by atoms with Gasteiger partial charge in [0.1, 0.15) is 5.75 Å². The topological polar surface area (TPSA) is 78.4 Å². The van der Waals surface area contributed by atoms with Crippen LogP contribution in [0.4, 0.5) is 22.7 Å². The van der Waals surface area contributed by atoms with Crippen LogP contribution in [-0.4, -0.2) is 16.7 Å². The largest absolute Gasteiger partial charge is 0.507 e. The molecule has 3 N–H and O–H groups in total. The first-order chi connectivity index (χ1) is 15.1. The van der Waals surface area contributed by atoms with Crippen molar-refractivity contribution in [2.24, 2.45) is 0 Å². The number of fused-ring (bicyclic) bond motifs is 2. The summed E-state index contributed by atoms with van der Waals surface area (Å²) in [7, 11) is 0. The molecule has 4 aromatic rings. The highest BCUT2D eigenvalue weighted by molar-refractivity contribution is 6.32. The lowest BCUT2D eigenvalue weighted by Gasteiger charge is -2.24. The number of nitrogens with one attached hydrogen (secondary N) is 2. The summed E-state index contributed by atoms with van der Waals surface area (Å²) in [5.74, 6) is -0.916. The highest BCUT2D eigenvalue weighted by atomic mass is 16.3. The van der Waals surface area contributed by atoms with Crippen molar-refractivity contribution in [2.75, 3.05) is 10.6 Å². The summed E-state index contributed by atoms with van der Waals surface area (Å²) in [6.07, 6.45) is 0. The number of carbonyl (C=O) groups is 2. The van der Waals surface area contributed by atoms with Crippen LogP contribution in [0, 0.1) is 0 Å². The molecule has 0 saturated heterocycles. The fraction of sp³-hybridized carbons (Fsp3) is 0. The van der Waals surface area contributed by atoms with Gasteiger partial charge in [0.15, 0.2) is 11.6 Å². The highest BCUT2D eigenvalue weighted by Gasteiger charge is 2.35. The third-order valence-corrected chi connectivity index (χ3v) is 5.27. The maximum absolute atomic E-state index is 13.5. The number of ketones is 2. The van der Waals surface area contributed by atoms with Crippen molar-refractivity contribution in [3.63, 3.8) is 0 Å². The maximum Gasteiger partial charge on any atom is 0.198 e. The Kier molecular flexibility index (Phi) is 4.49. The van der Waals surface area contributed by atoms with Crippen LogP contribution in [-0.2, 0) is 0 Å². The van der Waals surface area contributed by atoms with Crippen molar-refractivity contribution in [3.8, 4) is 5.75 Å². The summed E-state index contributed by atoms with van der Waals surface area (Å²) in [6.45, 7) is 0. The van der Waals surface area contributed by atoms with Crippen molar-refractivity contribution in [3.05, 3.63) is 113 Å². The number of aromatic hydroxyl groups is 1. The first-order valence-electron chi connectivity index (χ1n) is 9.86. The number of benzene rings is 4. The third kappa shape index (κ3) is 3.22. The van der Waals surface area contributed by atoms with Crippen LogP contribution in [0.5, 0.6) is 5.75 Å². The van der Waals surface area contributed by atoms with Gasteiger partial charge in [-0.05, 0) is 24.3 Å². The molecule has 0 atom stereocenters. The Bertz CT molecular complexity index is 1320. The zero-order valence-electron chi connectivity index (χ0n) is 16.4. The first kappa shape index (κ1) is 18.6. The lowest BCUT2D eigenvalue weighted by Crippen LogP contribution is -2.23. The fourth-order valence-electron chi connectivity index (χ4n) is 3.85. The van der Waals surface area contributed by atoms with E-state index in [1.807, 2.05) is 60.7 Å². The molecule has 0 fully saturated rings. The van der Waals surface area contributed by atoms with E-state index in [2.05, 4.69) is 10.6 Å². The Morgan fingerprint density at radius 2 is 1.06 bits per heavy atom. The van der Waals surface area contributed by atoms with Gasteiger partial charge in [0.05, 0.1) is 22.5 Å². The van der Waals surface area contributed by atoms with E-state index < -0.39 is 0 Å². The predicted octanol–water partition coefficient (Wildman–Crippen LogP) is 5.65. The van der Waals surface area contributed by atoms with E-state index in [0.29, 0.717) is 22.5 Å². The normalized spacial score (nSPS) is 12.1. The summed E-state index contributed by atoms with van der Waals surface area (Å²) in [6, 6.07) is 27.0. The predicted molar refractivity (Wildman–Crippen MR) is 121 cm³/mol. The van der Waals surface area contributed by atoms with Crippen LogP contribution in [0.2, 0.25) is 0 Å². The number of para-hydroxylation sites is 2. The average Bonchev–Trinajstić information content (AvgIpc) is 2.80. The molecule has 0 saturated carbocycles. The Labute approximate surface area is 179 Å². The number of anilines is 4. The van der Waals surface area contributed by atoms with Gasteiger partial charge in [-0.1, -0.05) is 60.7 Å². The monoisotopic (exact) mass is 406 g/mol. The van der Waals surface area contributed by atoms with Crippen LogP contribution in [0.15, 0.2) is 91.0 Å². The number of hydrogen-bond acceptors (Lipinski definition) is 5. The molecule has 0 aliphatic heterocycles. The number of carbonyl (C=O) groups excluding carboxylic acids is 2. The number of phenolic OH excluding ortho intramolecular Hbond substituents is 1. The molecule has 0 unspecified atom stereocenters. The van der Waals surface area contributed by atoms with Gasteiger partial charge in [0.25, 0.3) is 0 Å². The van der Waals surface area contributed by atoms with E-state index in [4.69, 9.17) is 0 Å². The zero-order chi connectivity index (χ0) is 21.4. The van der Waals surface area contributed by atoms with Crippen LogP contribution in [0.1, 0.15) is 31.8 Å². The SMILES string of the molecule is O=C1c2ccccc2C(=O)c2c(Nc3ccccc3)c(Nc3ccccc3)cc(O)c21. The lowest BCUT2D eigenvalue weighted by atomic mass is 9.82. The van der Waals surface area contributed by atoms with Gasteiger partial charge in [-0.15, -0.1) is 0 Å². The van der Waals surface area contributed by atoms with Gasteiger partial charge in [0, 0.05) is 28.6 Å². The average molecular weight is 406 g/mol. The van der Waals surface area contributed by atoms with E-state index in [1.54, 1.807) is 24.3 Å². The number of hydrogen-bond donors (Lipinski definition) is 3. The second-order valence-electron chi connectivity index (χ2n) is 7.25. The molecule has 0 bridgehead atoms. The summed E-state index contributed by atoms with van der Waals surface area (Å²) in [5, 5.41) is 17.3. The highest BCUT2D eigenvalue weighted by Crippen LogP contribution is 2.43. The van der Waals surface area contributed by atoms with Crippen molar-refractivity contribution in [1.29, 1.82) is 0 Å². The molecule has 5 rings (SSSR count). The standard InChI is InChI=1S/C26H18N2O3/c29-21-15-20(27-16-9-3-1-4-10-16)24(28-17-11-5-2-6-12-17)23-22(21)25(30)18-13-7-8-14-19(18)26(23)31/h1-15,27-29H. The Hall–Kier alpha value is -4.38. The minimum Gasteiger partial charge on any atom is -0.507 e. The number of phenols is 1.